The lowest BCUT2D eigenvalue weighted by molar-refractivity contribution is -0.139. The highest BCUT2D eigenvalue weighted by molar-refractivity contribution is 5.82. The van der Waals surface area contributed by atoms with Crippen LogP contribution >= 0.6 is 0 Å². The summed E-state index contributed by atoms with van der Waals surface area (Å²) in [5, 5.41) is 11.3. The minimum Gasteiger partial charge on any atom is -0.480 e. The molecular formula is C11H18N4O3. The highest BCUT2D eigenvalue weighted by Crippen LogP contribution is 2.00. The maximum Gasteiger partial charge on any atom is 0.326 e. The van der Waals surface area contributed by atoms with Crippen LogP contribution in [0.4, 0.5) is 4.79 Å². The van der Waals surface area contributed by atoms with Gasteiger partial charge in [0.15, 0.2) is 0 Å². The van der Waals surface area contributed by atoms with Crippen LogP contribution < -0.4 is 5.32 Å². The van der Waals surface area contributed by atoms with Gasteiger partial charge in [0.1, 0.15) is 11.9 Å². The molecule has 2 N–H and O–H groups in total. The van der Waals surface area contributed by atoms with E-state index >= 15 is 0 Å². The zero-order chi connectivity index (χ0) is 13.7. The number of nitrogens with one attached hydrogen (secondary N) is 1. The second-order valence-corrected chi connectivity index (χ2v) is 4.06. The molecule has 0 radical (unpaired) electrons. The number of urea groups is 1. The molecule has 0 aromatic carbocycles. The lowest BCUT2D eigenvalue weighted by Gasteiger charge is -2.20. The average Bonchev–Trinajstić information content (AvgIpc) is 2.71. The van der Waals surface area contributed by atoms with Crippen molar-refractivity contribution in [3.63, 3.8) is 0 Å². The summed E-state index contributed by atoms with van der Waals surface area (Å²) in [5.41, 5.74) is 0. The van der Waals surface area contributed by atoms with Crippen molar-refractivity contribution < 1.29 is 14.7 Å². The molecule has 0 aliphatic carbocycles. The molecule has 0 saturated carbocycles. The first-order valence-electron chi connectivity index (χ1n) is 5.66. The Morgan fingerprint density at radius 2 is 2.28 bits per heavy atom. The number of aromatic nitrogens is 2. The zero-order valence-electron chi connectivity index (χ0n) is 10.8. The van der Waals surface area contributed by atoms with Crippen LogP contribution in [0.5, 0.6) is 0 Å². The van der Waals surface area contributed by atoms with Crippen LogP contribution in [0.2, 0.25) is 0 Å². The van der Waals surface area contributed by atoms with Crippen molar-refractivity contribution in [3.8, 4) is 0 Å². The molecule has 2 amide bonds. The summed E-state index contributed by atoms with van der Waals surface area (Å²) >= 11 is 0. The molecule has 1 atom stereocenters. The van der Waals surface area contributed by atoms with Crippen LogP contribution in [0.3, 0.4) is 0 Å². The summed E-state index contributed by atoms with van der Waals surface area (Å²) in [5.74, 6) is -0.299. The number of carboxylic acids is 1. The van der Waals surface area contributed by atoms with Gasteiger partial charge in [-0.3, -0.25) is 0 Å². The summed E-state index contributed by atoms with van der Waals surface area (Å²) in [4.78, 5) is 28.1. The summed E-state index contributed by atoms with van der Waals surface area (Å²) in [6, 6.07) is -1.28. The first-order valence-corrected chi connectivity index (χ1v) is 5.66. The first-order chi connectivity index (χ1) is 8.45. The third-order valence-electron chi connectivity index (χ3n) is 2.65. The molecule has 0 bridgehead atoms. The highest BCUT2D eigenvalue weighted by atomic mass is 16.4. The second kappa shape index (κ2) is 6.04. The summed E-state index contributed by atoms with van der Waals surface area (Å²) in [6.07, 6.45) is 3.78. The smallest absolute Gasteiger partial charge is 0.326 e. The SMILES string of the molecule is CC[C@@H](NC(=O)N(C)Cc1nccn1C)C(=O)O. The van der Waals surface area contributed by atoms with Gasteiger partial charge in [0.25, 0.3) is 0 Å². The highest BCUT2D eigenvalue weighted by Gasteiger charge is 2.20. The molecule has 7 nitrogen and oxygen atoms in total. The van der Waals surface area contributed by atoms with Gasteiger partial charge in [0.2, 0.25) is 0 Å². The minimum absolute atomic E-state index is 0.325. The van der Waals surface area contributed by atoms with Gasteiger partial charge in [0, 0.05) is 26.5 Å². The number of aliphatic carboxylic acids is 1. The number of hydrogen-bond acceptors (Lipinski definition) is 3. The number of imidazole rings is 1. The number of carbonyl (C=O) groups excluding carboxylic acids is 1. The third-order valence-corrected chi connectivity index (χ3v) is 2.65. The fourth-order valence-corrected chi connectivity index (χ4v) is 1.43. The fraction of sp³-hybridized carbons (Fsp3) is 0.545. The van der Waals surface area contributed by atoms with E-state index in [-0.39, 0.29) is 0 Å². The molecule has 7 heteroatoms. The van der Waals surface area contributed by atoms with Crippen molar-refractivity contribution in [2.24, 2.45) is 7.05 Å². The van der Waals surface area contributed by atoms with E-state index in [1.807, 2.05) is 7.05 Å². The molecule has 0 aliphatic heterocycles. The molecule has 1 heterocycles. The number of hydrogen-bond donors (Lipinski definition) is 2. The van der Waals surface area contributed by atoms with Crippen LogP contribution in [-0.4, -0.2) is 44.6 Å². The van der Waals surface area contributed by atoms with E-state index in [0.29, 0.717) is 13.0 Å². The maximum atomic E-state index is 11.8. The third kappa shape index (κ3) is 3.47. The Morgan fingerprint density at radius 3 is 2.72 bits per heavy atom. The molecule has 100 valence electrons. The van der Waals surface area contributed by atoms with Crippen molar-refractivity contribution >= 4 is 12.0 Å². The van der Waals surface area contributed by atoms with E-state index in [4.69, 9.17) is 5.11 Å². The molecule has 1 rings (SSSR count). The predicted molar refractivity (Wildman–Crippen MR) is 64.9 cm³/mol. The van der Waals surface area contributed by atoms with Crippen LogP contribution in [0.25, 0.3) is 0 Å². The van der Waals surface area contributed by atoms with E-state index < -0.39 is 18.0 Å². The van der Waals surface area contributed by atoms with Gasteiger partial charge in [-0.2, -0.15) is 0 Å². The van der Waals surface area contributed by atoms with E-state index in [1.165, 1.54) is 4.90 Å². The quantitative estimate of drug-likeness (QED) is 0.797. The first kappa shape index (κ1) is 14.0. The normalized spacial score (nSPS) is 11.9. The Balaban J connectivity index is 2.56. The van der Waals surface area contributed by atoms with Gasteiger partial charge >= 0.3 is 12.0 Å². The molecule has 0 saturated heterocycles. The van der Waals surface area contributed by atoms with Crippen molar-refractivity contribution in [1.29, 1.82) is 0 Å². The number of nitrogens with zero attached hydrogens (tertiary/aromatic N) is 3. The van der Waals surface area contributed by atoms with Gasteiger partial charge in [-0.1, -0.05) is 6.92 Å². The standard InChI is InChI=1S/C11H18N4O3/c1-4-8(10(16)17)13-11(18)15(3)7-9-12-5-6-14(9)2/h5-6,8H,4,7H2,1-3H3,(H,13,18)(H,16,17)/t8-/m1/s1. The molecule has 0 unspecified atom stereocenters. The van der Waals surface area contributed by atoms with Gasteiger partial charge in [-0.05, 0) is 6.42 Å². The summed E-state index contributed by atoms with van der Waals surface area (Å²) in [7, 11) is 3.43. The van der Waals surface area contributed by atoms with Crippen LogP contribution in [-0.2, 0) is 18.4 Å². The summed E-state index contributed by atoms with van der Waals surface area (Å²) < 4.78 is 1.80. The molecule has 0 spiro atoms. The lowest BCUT2D eigenvalue weighted by Crippen LogP contribution is -2.46. The van der Waals surface area contributed by atoms with Crippen molar-refractivity contribution in [1.82, 2.24) is 19.8 Å². The number of amides is 2. The molecule has 1 aromatic heterocycles. The van der Waals surface area contributed by atoms with Gasteiger partial charge in [0.05, 0.1) is 6.54 Å². The van der Waals surface area contributed by atoms with Gasteiger partial charge in [-0.25, -0.2) is 14.6 Å². The molecule has 18 heavy (non-hydrogen) atoms. The van der Waals surface area contributed by atoms with Crippen molar-refractivity contribution in [2.45, 2.75) is 25.9 Å². The molecular weight excluding hydrogens is 236 g/mol. The van der Waals surface area contributed by atoms with Crippen LogP contribution in [0.1, 0.15) is 19.2 Å². The Hall–Kier alpha value is -2.05. The summed E-state index contributed by atoms with van der Waals surface area (Å²) in [6.45, 7) is 2.03. The van der Waals surface area contributed by atoms with Gasteiger partial charge in [-0.15, -0.1) is 0 Å². The minimum atomic E-state index is -1.03. The Morgan fingerprint density at radius 1 is 1.61 bits per heavy atom. The van der Waals surface area contributed by atoms with Crippen molar-refractivity contribution in [3.05, 3.63) is 18.2 Å². The Kier molecular flexibility index (Phi) is 4.70. The second-order valence-electron chi connectivity index (χ2n) is 4.06. The zero-order valence-corrected chi connectivity index (χ0v) is 10.8. The number of carboxylic acid groups (broad SMARTS) is 1. The van der Waals surface area contributed by atoms with E-state index in [0.717, 1.165) is 5.82 Å². The van der Waals surface area contributed by atoms with Crippen molar-refractivity contribution in [2.75, 3.05) is 7.05 Å². The molecule has 1 aromatic rings. The number of carbonyl (C=O) groups is 2. The molecule has 0 fully saturated rings. The maximum absolute atomic E-state index is 11.8. The average molecular weight is 254 g/mol. The predicted octanol–water partition coefficient (Wildman–Crippen LogP) is 0.425. The Labute approximate surface area is 105 Å². The van der Waals surface area contributed by atoms with E-state index in [1.54, 1.807) is 30.9 Å². The molecule has 0 aliphatic rings. The van der Waals surface area contributed by atoms with Crippen LogP contribution in [0, 0.1) is 0 Å². The van der Waals surface area contributed by atoms with Gasteiger partial charge < -0.3 is 19.9 Å². The largest absolute Gasteiger partial charge is 0.480 e. The van der Waals surface area contributed by atoms with E-state index in [2.05, 4.69) is 10.3 Å². The number of aryl methyl sites for hydroxylation is 1. The monoisotopic (exact) mass is 254 g/mol. The van der Waals surface area contributed by atoms with Crippen LogP contribution in [0.15, 0.2) is 12.4 Å². The Bertz CT molecular complexity index is 430. The lowest BCUT2D eigenvalue weighted by atomic mass is 10.2. The fourth-order valence-electron chi connectivity index (χ4n) is 1.43. The number of rotatable bonds is 5. The topological polar surface area (TPSA) is 87.5 Å². The van der Waals surface area contributed by atoms with E-state index in [9.17, 15) is 9.59 Å².